The van der Waals surface area contributed by atoms with E-state index in [4.69, 9.17) is 16.2 Å². The second kappa shape index (κ2) is 4.42. The maximum atomic E-state index is 5.96. The van der Waals surface area contributed by atoms with Crippen LogP contribution in [0, 0.1) is 0 Å². The van der Waals surface area contributed by atoms with Gasteiger partial charge in [-0.3, -0.25) is 0 Å². The summed E-state index contributed by atoms with van der Waals surface area (Å²) in [4.78, 5) is 8.26. The highest BCUT2D eigenvalue weighted by Gasteiger charge is 2.18. The molecule has 5 heteroatoms. The third-order valence-electron chi connectivity index (χ3n) is 3.33. The van der Waals surface area contributed by atoms with Crippen molar-refractivity contribution in [1.29, 1.82) is 0 Å². The van der Waals surface area contributed by atoms with Gasteiger partial charge in [-0.15, -0.1) is 0 Å². The number of nitrogen functional groups attached to an aromatic ring is 2. The van der Waals surface area contributed by atoms with Crippen LogP contribution in [0.3, 0.4) is 0 Å². The van der Waals surface area contributed by atoms with E-state index in [1.54, 1.807) is 0 Å². The van der Waals surface area contributed by atoms with Crippen LogP contribution < -0.4 is 11.5 Å². The molecule has 3 rings (SSSR count). The number of rotatable bonds is 2. The Labute approximate surface area is 105 Å². The number of anilines is 2. The molecule has 1 aliphatic rings. The van der Waals surface area contributed by atoms with E-state index in [0.717, 1.165) is 42.3 Å². The molecule has 0 amide bonds. The number of nitrogens with zero attached hydrogens (tertiary/aromatic N) is 2. The summed E-state index contributed by atoms with van der Waals surface area (Å²) in [5, 5.41) is 0.905. The van der Waals surface area contributed by atoms with Gasteiger partial charge in [0.2, 0.25) is 5.95 Å². The van der Waals surface area contributed by atoms with Crippen molar-refractivity contribution in [2.24, 2.45) is 0 Å². The topological polar surface area (TPSA) is 87.0 Å². The van der Waals surface area contributed by atoms with Gasteiger partial charge in [-0.1, -0.05) is 12.1 Å². The Morgan fingerprint density at radius 1 is 1.28 bits per heavy atom. The Morgan fingerprint density at radius 3 is 2.94 bits per heavy atom. The minimum absolute atomic E-state index is 0.217. The Kier molecular flexibility index (Phi) is 2.76. The Morgan fingerprint density at radius 2 is 2.17 bits per heavy atom. The van der Waals surface area contributed by atoms with Gasteiger partial charge in [0.1, 0.15) is 5.82 Å². The number of benzene rings is 1. The van der Waals surface area contributed by atoms with Crippen molar-refractivity contribution in [3.05, 3.63) is 23.8 Å². The quantitative estimate of drug-likeness (QED) is 0.836. The molecule has 2 aromatic rings. The third-order valence-corrected chi connectivity index (χ3v) is 3.33. The Balaban J connectivity index is 2.05. The van der Waals surface area contributed by atoms with Crippen LogP contribution in [0.1, 0.15) is 18.4 Å². The molecule has 4 N–H and O–H groups in total. The highest BCUT2D eigenvalue weighted by Crippen LogP contribution is 2.26. The van der Waals surface area contributed by atoms with Crippen LogP contribution in [0.5, 0.6) is 0 Å². The number of ether oxygens (including phenoxy) is 1. The van der Waals surface area contributed by atoms with E-state index >= 15 is 0 Å². The van der Waals surface area contributed by atoms with Gasteiger partial charge in [0.05, 0.1) is 11.6 Å². The molecule has 0 bridgehead atoms. The number of fused-ring (bicyclic) bond motifs is 1. The molecule has 5 nitrogen and oxygen atoms in total. The van der Waals surface area contributed by atoms with Crippen molar-refractivity contribution in [2.75, 3.05) is 18.1 Å². The standard InChI is InChI=1S/C13H16N4O/c14-12-11-8(7-9-4-2-6-18-9)3-1-5-10(11)16-13(15)17-12/h1,3,5,9H,2,4,6-7H2,(H4,14,15,16,17). The highest BCUT2D eigenvalue weighted by atomic mass is 16.5. The molecule has 0 spiro atoms. The fourth-order valence-electron chi connectivity index (χ4n) is 2.52. The Hall–Kier alpha value is -1.88. The summed E-state index contributed by atoms with van der Waals surface area (Å²) in [5.74, 6) is 0.667. The third kappa shape index (κ3) is 1.97. The summed E-state index contributed by atoms with van der Waals surface area (Å²) in [6.07, 6.45) is 3.38. The summed E-state index contributed by atoms with van der Waals surface area (Å²) in [6, 6.07) is 5.93. The van der Waals surface area contributed by atoms with Crippen LogP contribution in [0.2, 0.25) is 0 Å². The van der Waals surface area contributed by atoms with E-state index in [-0.39, 0.29) is 12.1 Å². The van der Waals surface area contributed by atoms with Crippen LogP contribution in [0.15, 0.2) is 18.2 Å². The van der Waals surface area contributed by atoms with Crippen molar-refractivity contribution >= 4 is 22.7 Å². The average Bonchev–Trinajstić information content (AvgIpc) is 2.81. The molecule has 0 saturated carbocycles. The lowest BCUT2D eigenvalue weighted by atomic mass is 10.0. The van der Waals surface area contributed by atoms with Gasteiger partial charge < -0.3 is 16.2 Å². The van der Waals surface area contributed by atoms with Gasteiger partial charge in [0.15, 0.2) is 0 Å². The largest absolute Gasteiger partial charge is 0.383 e. The molecule has 18 heavy (non-hydrogen) atoms. The summed E-state index contributed by atoms with van der Waals surface area (Å²) in [5.41, 5.74) is 13.5. The fourth-order valence-corrected chi connectivity index (χ4v) is 2.52. The van der Waals surface area contributed by atoms with Crippen LogP contribution in [-0.2, 0) is 11.2 Å². The first-order valence-corrected chi connectivity index (χ1v) is 6.16. The summed E-state index contributed by atoms with van der Waals surface area (Å²) in [7, 11) is 0. The molecule has 2 heterocycles. The van der Waals surface area contributed by atoms with Crippen molar-refractivity contribution in [3.8, 4) is 0 Å². The predicted molar refractivity (Wildman–Crippen MR) is 71.0 cm³/mol. The zero-order chi connectivity index (χ0) is 12.5. The van der Waals surface area contributed by atoms with E-state index in [0.29, 0.717) is 5.82 Å². The maximum absolute atomic E-state index is 5.96. The van der Waals surface area contributed by atoms with Crippen molar-refractivity contribution in [3.63, 3.8) is 0 Å². The summed E-state index contributed by atoms with van der Waals surface area (Å²) >= 11 is 0. The summed E-state index contributed by atoms with van der Waals surface area (Å²) in [6.45, 7) is 0.856. The number of hydrogen-bond donors (Lipinski definition) is 2. The first-order valence-electron chi connectivity index (χ1n) is 6.16. The van der Waals surface area contributed by atoms with Gasteiger partial charge in [0, 0.05) is 12.0 Å². The second-order valence-corrected chi connectivity index (χ2v) is 4.62. The first-order chi connectivity index (χ1) is 8.74. The van der Waals surface area contributed by atoms with Crippen LogP contribution >= 0.6 is 0 Å². The number of aromatic nitrogens is 2. The minimum atomic E-state index is 0.217. The molecular weight excluding hydrogens is 228 g/mol. The Bertz CT molecular complexity index is 578. The molecule has 1 aliphatic heterocycles. The van der Waals surface area contributed by atoms with Gasteiger partial charge >= 0.3 is 0 Å². The van der Waals surface area contributed by atoms with E-state index < -0.39 is 0 Å². The number of hydrogen-bond acceptors (Lipinski definition) is 5. The lowest BCUT2D eigenvalue weighted by Crippen LogP contribution is -2.10. The monoisotopic (exact) mass is 244 g/mol. The van der Waals surface area contributed by atoms with Gasteiger partial charge in [-0.05, 0) is 30.9 Å². The molecule has 1 aromatic heterocycles. The highest BCUT2D eigenvalue weighted by molar-refractivity contribution is 5.91. The van der Waals surface area contributed by atoms with Crippen LogP contribution in [0.25, 0.3) is 10.9 Å². The molecule has 1 fully saturated rings. The van der Waals surface area contributed by atoms with Gasteiger partial charge in [0.25, 0.3) is 0 Å². The van der Waals surface area contributed by atoms with Crippen LogP contribution in [-0.4, -0.2) is 22.7 Å². The zero-order valence-electron chi connectivity index (χ0n) is 10.1. The van der Waals surface area contributed by atoms with Crippen molar-refractivity contribution in [1.82, 2.24) is 9.97 Å². The minimum Gasteiger partial charge on any atom is -0.383 e. The van der Waals surface area contributed by atoms with Crippen LogP contribution in [0.4, 0.5) is 11.8 Å². The van der Waals surface area contributed by atoms with E-state index in [1.807, 2.05) is 12.1 Å². The summed E-state index contributed by atoms with van der Waals surface area (Å²) < 4.78 is 5.66. The van der Waals surface area contributed by atoms with Crippen molar-refractivity contribution < 1.29 is 4.74 Å². The molecular formula is C13H16N4O. The van der Waals surface area contributed by atoms with Gasteiger partial charge in [-0.25, -0.2) is 4.98 Å². The molecule has 94 valence electrons. The molecule has 1 saturated heterocycles. The molecule has 1 atom stereocenters. The first kappa shape index (κ1) is 11.2. The zero-order valence-corrected chi connectivity index (χ0v) is 10.1. The molecule has 0 radical (unpaired) electrons. The van der Waals surface area contributed by atoms with E-state index in [9.17, 15) is 0 Å². The van der Waals surface area contributed by atoms with E-state index in [2.05, 4.69) is 16.0 Å². The average molecular weight is 244 g/mol. The van der Waals surface area contributed by atoms with Crippen molar-refractivity contribution in [2.45, 2.75) is 25.4 Å². The smallest absolute Gasteiger partial charge is 0.222 e. The predicted octanol–water partition coefficient (Wildman–Crippen LogP) is 1.52. The molecule has 0 aliphatic carbocycles. The van der Waals surface area contributed by atoms with E-state index in [1.165, 1.54) is 0 Å². The lowest BCUT2D eigenvalue weighted by Gasteiger charge is -2.12. The maximum Gasteiger partial charge on any atom is 0.222 e. The second-order valence-electron chi connectivity index (χ2n) is 4.62. The molecule has 1 aromatic carbocycles. The lowest BCUT2D eigenvalue weighted by molar-refractivity contribution is 0.111. The number of nitrogens with two attached hydrogens (primary N) is 2. The molecule has 1 unspecified atom stereocenters. The normalized spacial score (nSPS) is 19.4. The SMILES string of the molecule is Nc1nc(N)c2c(CC3CCCO3)cccc2n1. The van der Waals surface area contributed by atoms with Gasteiger partial charge in [-0.2, -0.15) is 4.98 Å². The fraction of sp³-hybridized carbons (Fsp3) is 0.385.